The lowest BCUT2D eigenvalue weighted by Crippen LogP contribution is -1.98. The van der Waals surface area contributed by atoms with E-state index in [1.54, 1.807) is 36.7 Å². The molecule has 0 unspecified atom stereocenters. The van der Waals surface area contributed by atoms with E-state index in [1.807, 2.05) is 36.4 Å². The summed E-state index contributed by atoms with van der Waals surface area (Å²) in [6.45, 7) is 0.405. The van der Waals surface area contributed by atoms with Crippen molar-refractivity contribution in [3.63, 3.8) is 0 Å². The minimum absolute atomic E-state index is 0.145. The Balaban J connectivity index is 1.50. The van der Waals surface area contributed by atoms with Crippen LogP contribution in [-0.4, -0.2) is 10.8 Å². The molecule has 3 aromatic rings. The van der Waals surface area contributed by atoms with Crippen molar-refractivity contribution in [3.8, 4) is 11.5 Å². The van der Waals surface area contributed by atoms with Crippen LogP contribution in [0.1, 0.15) is 21.5 Å². The first-order valence-electron chi connectivity index (χ1n) is 8.04. The zero-order chi connectivity index (χ0) is 17.9. The number of ether oxygens (including phenoxy) is 2. The molecule has 5 heteroatoms. The van der Waals surface area contributed by atoms with Crippen molar-refractivity contribution in [2.75, 3.05) is 0 Å². The normalized spacial score (nSPS) is 14.2. The number of carbonyl (C=O) groups is 1. The Bertz CT molecular complexity index is 982. The quantitative estimate of drug-likeness (QED) is 0.617. The molecule has 0 N–H and O–H groups in total. The van der Waals surface area contributed by atoms with Gasteiger partial charge >= 0.3 is 0 Å². The maximum absolute atomic E-state index is 12.5. The standard InChI is InChI=1S/C21H14ClNO3/c22-16-5-3-14(4-6-16)13-25-17-7-8-18-19(11-17)26-20(21(18)24)10-15-2-1-9-23-12-15/h1-12H,13H2/b20-10-. The molecule has 128 valence electrons. The van der Waals surface area contributed by atoms with Gasteiger partial charge in [-0.3, -0.25) is 9.78 Å². The number of carbonyl (C=O) groups excluding carboxylic acids is 1. The summed E-state index contributed by atoms with van der Waals surface area (Å²) in [7, 11) is 0. The first-order chi connectivity index (χ1) is 12.7. The number of hydrogen-bond donors (Lipinski definition) is 0. The number of ketones is 1. The summed E-state index contributed by atoms with van der Waals surface area (Å²) in [5.41, 5.74) is 2.34. The van der Waals surface area contributed by atoms with E-state index in [0.717, 1.165) is 11.1 Å². The highest BCUT2D eigenvalue weighted by Gasteiger charge is 2.27. The lowest BCUT2D eigenvalue weighted by Gasteiger charge is -2.07. The second-order valence-electron chi connectivity index (χ2n) is 5.80. The summed E-state index contributed by atoms with van der Waals surface area (Å²) >= 11 is 5.88. The molecule has 1 aliphatic heterocycles. The SMILES string of the molecule is O=C1/C(=C/c2cccnc2)Oc2cc(OCc3ccc(Cl)cc3)ccc21. The zero-order valence-electron chi connectivity index (χ0n) is 13.7. The molecule has 26 heavy (non-hydrogen) atoms. The Morgan fingerprint density at radius 2 is 1.96 bits per heavy atom. The van der Waals surface area contributed by atoms with Gasteiger partial charge in [-0.05, 0) is 47.5 Å². The van der Waals surface area contributed by atoms with Gasteiger partial charge in [-0.25, -0.2) is 0 Å². The number of halogens is 1. The highest BCUT2D eigenvalue weighted by molar-refractivity contribution is 6.30. The van der Waals surface area contributed by atoms with E-state index in [4.69, 9.17) is 21.1 Å². The van der Waals surface area contributed by atoms with Crippen LogP contribution in [0.3, 0.4) is 0 Å². The van der Waals surface area contributed by atoms with Gasteiger partial charge in [0, 0.05) is 23.5 Å². The second kappa shape index (κ2) is 7.02. The van der Waals surface area contributed by atoms with Gasteiger partial charge in [-0.1, -0.05) is 29.8 Å². The molecule has 1 aliphatic rings. The minimum Gasteiger partial charge on any atom is -0.489 e. The van der Waals surface area contributed by atoms with Crippen LogP contribution in [-0.2, 0) is 6.61 Å². The molecule has 0 saturated heterocycles. The maximum atomic E-state index is 12.5. The minimum atomic E-state index is -0.145. The molecular weight excluding hydrogens is 350 g/mol. The summed E-state index contributed by atoms with van der Waals surface area (Å²) in [6, 6.07) is 16.3. The van der Waals surface area contributed by atoms with Crippen LogP contribution in [0.5, 0.6) is 11.5 Å². The largest absolute Gasteiger partial charge is 0.489 e. The van der Waals surface area contributed by atoms with Crippen molar-refractivity contribution in [2.45, 2.75) is 6.61 Å². The Labute approximate surface area is 155 Å². The molecule has 0 radical (unpaired) electrons. The van der Waals surface area contributed by atoms with Crippen LogP contribution in [0.25, 0.3) is 6.08 Å². The number of pyridine rings is 1. The monoisotopic (exact) mass is 363 g/mol. The number of benzene rings is 2. The van der Waals surface area contributed by atoms with E-state index >= 15 is 0 Å². The third kappa shape index (κ3) is 3.46. The van der Waals surface area contributed by atoms with Gasteiger partial charge in [0.1, 0.15) is 18.1 Å². The third-order valence-electron chi connectivity index (χ3n) is 3.94. The Kier molecular flexibility index (Phi) is 4.42. The van der Waals surface area contributed by atoms with Gasteiger partial charge in [0.2, 0.25) is 5.78 Å². The van der Waals surface area contributed by atoms with Crippen LogP contribution in [0, 0.1) is 0 Å². The first-order valence-corrected chi connectivity index (χ1v) is 8.42. The van der Waals surface area contributed by atoms with Crippen molar-refractivity contribution in [1.82, 2.24) is 4.98 Å². The summed E-state index contributed by atoms with van der Waals surface area (Å²) in [4.78, 5) is 16.5. The van der Waals surface area contributed by atoms with Gasteiger partial charge in [0.05, 0.1) is 5.56 Å². The Hall–Kier alpha value is -3.11. The average molecular weight is 364 g/mol. The molecule has 0 fully saturated rings. The summed E-state index contributed by atoms with van der Waals surface area (Å²) in [5, 5.41) is 0.686. The van der Waals surface area contributed by atoms with E-state index in [0.29, 0.717) is 28.7 Å². The van der Waals surface area contributed by atoms with E-state index in [-0.39, 0.29) is 11.5 Å². The van der Waals surface area contributed by atoms with Crippen molar-refractivity contribution >= 4 is 23.5 Å². The third-order valence-corrected chi connectivity index (χ3v) is 4.19. The Morgan fingerprint density at radius 1 is 1.12 bits per heavy atom. The number of fused-ring (bicyclic) bond motifs is 1. The highest BCUT2D eigenvalue weighted by Crippen LogP contribution is 2.35. The number of rotatable bonds is 4. The van der Waals surface area contributed by atoms with Crippen LogP contribution in [0.4, 0.5) is 0 Å². The first kappa shape index (κ1) is 16.4. The van der Waals surface area contributed by atoms with Crippen LogP contribution in [0.2, 0.25) is 5.02 Å². The van der Waals surface area contributed by atoms with Crippen molar-refractivity contribution < 1.29 is 14.3 Å². The maximum Gasteiger partial charge on any atom is 0.231 e. The number of nitrogens with zero attached hydrogens (tertiary/aromatic N) is 1. The number of Topliss-reactive ketones (excluding diaryl/α,β-unsaturated/α-hetero) is 1. The highest BCUT2D eigenvalue weighted by atomic mass is 35.5. The molecule has 0 spiro atoms. The fraction of sp³-hybridized carbons (Fsp3) is 0.0476. The topological polar surface area (TPSA) is 48.4 Å². The molecule has 4 rings (SSSR count). The van der Waals surface area contributed by atoms with Crippen LogP contribution in [0.15, 0.2) is 72.8 Å². The van der Waals surface area contributed by atoms with Crippen LogP contribution >= 0.6 is 11.6 Å². The fourth-order valence-corrected chi connectivity index (χ4v) is 2.74. The molecule has 1 aromatic heterocycles. The van der Waals surface area contributed by atoms with Gasteiger partial charge in [0.15, 0.2) is 5.76 Å². The lowest BCUT2D eigenvalue weighted by molar-refractivity contribution is 0.101. The average Bonchev–Trinajstić information content (AvgIpc) is 2.97. The summed E-state index contributed by atoms with van der Waals surface area (Å²) in [5.74, 6) is 1.27. The second-order valence-corrected chi connectivity index (χ2v) is 6.24. The van der Waals surface area contributed by atoms with Crippen molar-refractivity contribution in [1.29, 1.82) is 0 Å². The summed E-state index contributed by atoms with van der Waals surface area (Å²) < 4.78 is 11.5. The van der Waals surface area contributed by atoms with Crippen LogP contribution < -0.4 is 9.47 Å². The molecule has 0 saturated carbocycles. The van der Waals surface area contributed by atoms with E-state index in [2.05, 4.69) is 4.98 Å². The molecule has 0 aliphatic carbocycles. The molecule has 0 amide bonds. The number of aromatic nitrogens is 1. The summed E-state index contributed by atoms with van der Waals surface area (Å²) in [6.07, 6.45) is 5.04. The molecule has 0 atom stereocenters. The molecule has 2 heterocycles. The number of allylic oxidation sites excluding steroid dienone is 1. The molecular formula is C21H14ClNO3. The number of hydrogen-bond acceptors (Lipinski definition) is 4. The predicted molar refractivity (Wildman–Crippen MR) is 99.4 cm³/mol. The smallest absolute Gasteiger partial charge is 0.231 e. The predicted octanol–water partition coefficient (Wildman–Crippen LogP) is 4.93. The zero-order valence-corrected chi connectivity index (χ0v) is 14.4. The molecule has 0 bridgehead atoms. The Morgan fingerprint density at radius 3 is 2.73 bits per heavy atom. The molecule has 2 aromatic carbocycles. The fourth-order valence-electron chi connectivity index (χ4n) is 2.62. The van der Waals surface area contributed by atoms with E-state index < -0.39 is 0 Å². The lowest BCUT2D eigenvalue weighted by atomic mass is 10.1. The van der Waals surface area contributed by atoms with E-state index in [9.17, 15) is 4.79 Å². The van der Waals surface area contributed by atoms with Crippen molar-refractivity contribution in [3.05, 3.63) is 94.5 Å². The van der Waals surface area contributed by atoms with Gasteiger partial charge in [0.25, 0.3) is 0 Å². The van der Waals surface area contributed by atoms with Gasteiger partial charge in [-0.2, -0.15) is 0 Å². The van der Waals surface area contributed by atoms with E-state index in [1.165, 1.54) is 0 Å². The molecule has 4 nitrogen and oxygen atoms in total. The van der Waals surface area contributed by atoms with Crippen molar-refractivity contribution in [2.24, 2.45) is 0 Å². The van der Waals surface area contributed by atoms with Gasteiger partial charge in [-0.15, -0.1) is 0 Å². The van der Waals surface area contributed by atoms with Gasteiger partial charge < -0.3 is 9.47 Å².